The predicted molar refractivity (Wildman–Crippen MR) is 136 cm³/mol. The Labute approximate surface area is 217 Å². The maximum atomic E-state index is 12.7. The first-order chi connectivity index (χ1) is 16.8. The molecule has 2 heterocycles. The standard InChI is InChI=1S/C25H35Cl2N3O5/c1-34-17-19-14-28(9-7-23(19)35-2)15-20(31)16-30-12-11-29(10-8-25(30)33)24(32)6-4-18-3-5-21(26)22(27)13-18/h3-6,13,19-20,23,31H,7-12,14-17H2,1-2H3/b6-4+. The fraction of sp³-hybridized carbons (Fsp3) is 0.600. The van der Waals surface area contributed by atoms with E-state index < -0.39 is 6.10 Å². The average Bonchev–Trinajstić information content (AvgIpc) is 3.01. The molecule has 1 aromatic carbocycles. The Morgan fingerprint density at radius 1 is 1.17 bits per heavy atom. The van der Waals surface area contributed by atoms with Crippen LogP contribution in [0, 0.1) is 5.92 Å². The molecule has 2 aliphatic heterocycles. The number of piperidine rings is 1. The van der Waals surface area contributed by atoms with Crippen LogP contribution in [-0.2, 0) is 19.1 Å². The lowest BCUT2D eigenvalue weighted by Crippen LogP contribution is -2.50. The molecule has 2 fully saturated rings. The molecule has 35 heavy (non-hydrogen) atoms. The summed E-state index contributed by atoms with van der Waals surface area (Å²) in [5, 5.41) is 11.6. The van der Waals surface area contributed by atoms with Crippen molar-refractivity contribution < 1.29 is 24.2 Å². The van der Waals surface area contributed by atoms with Crippen LogP contribution in [0.2, 0.25) is 10.0 Å². The lowest BCUT2D eigenvalue weighted by atomic mass is 9.95. The van der Waals surface area contributed by atoms with E-state index in [9.17, 15) is 14.7 Å². The number of rotatable bonds is 9. The number of nitrogens with zero attached hydrogens (tertiary/aromatic N) is 3. The van der Waals surface area contributed by atoms with Crippen LogP contribution < -0.4 is 0 Å². The van der Waals surface area contributed by atoms with Crippen molar-refractivity contribution in [3.63, 3.8) is 0 Å². The number of methoxy groups -OCH3 is 2. The zero-order valence-corrected chi connectivity index (χ0v) is 21.9. The van der Waals surface area contributed by atoms with E-state index in [0.717, 1.165) is 25.1 Å². The Hall–Kier alpha value is -1.68. The molecule has 3 atom stereocenters. The highest BCUT2D eigenvalue weighted by Crippen LogP contribution is 2.23. The van der Waals surface area contributed by atoms with Crippen molar-refractivity contribution in [2.75, 3.05) is 66.6 Å². The van der Waals surface area contributed by atoms with Gasteiger partial charge in [0.1, 0.15) is 0 Å². The van der Waals surface area contributed by atoms with Gasteiger partial charge in [-0.3, -0.25) is 9.59 Å². The lowest BCUT2D eigenvalue weighted by Gasteiger charge is -2.38. The van der Waals surface area contributed by atoms with Gasteiger partial charge in [0.05, 0.1) is 28.9 Å². The first kappa shape index (κ1) is 27.9. The minimum atomic E-state index is -0.668. The number of aliphatic hydroxyl groups excluding tert-OH is 1. The van der Waals surface area contributed by atoms with Gasteiger partial charge in [0.15, 0.2) is 0 Å². The summed E-state index contributed by atoms with van der Waals surface area (Å²) in [5.74, 6) is 0.0296. The first-order valence-electron chi connectivity index (χ1n) is 11.9. The van der Waals surface area contributed by atoms with Gasteiger partial charge in [-0.2, -0.15) is 0 Å². The van der Waals surface area contributed by atoms with Gasteiger partial charge < -0.3 is 29.3 Å². The summed E-state index contributed by atoms with van der Waals surface area (Å²) in [5.41, 5.74) is 0.769. The second kappa shape index (κ2) is 13.6. The number of halogens is 2. The Morgan fingerprint density at radius 3 is 2.69 bits per heavy atom. The molecule has 0 bridgehead atoms. The SMILES string of the molecule is COCC1CN(CC(O)CN2CCN(C(=O)/C=C/c3ccc(Cl)c(Cl)c3)CCC2=O)CCC1OC. The van der Waals surface area contributed by atoms with Crippen molar-refractivity contribution in [1.82, 2.24) is 14.7 Å². The van der Waals surface area contributed by atoms with Gasteiger partial charge in [0, 0.05) is 78.4 Å². The molecule has 0 saturated carbocycles. The molecule has 0 radical (unpaired) electrons. The Kier molecular flexibility index (Phi) is 10.8. The van der Waals surface area contributed by atoms with E-state index in [-0.39, 0.29) is 36.8 Å². The van der Waals surface area contributed by atoms with Crippen LogP contribution in [0.15, 0.2) is 24.3 Å². The van der Waals surface area contributed by atoms with E-state index in [1.807, 2.05) is 0 Å². The number of carbonyl (C=O) groups is 2. The van der Waals surface area contributed by atoms with Crippen LogP contribution >= 0.6 is 23.2 Å². The van der Waals surface area contributed by atoms with Gasteiger partial charge in [-0.1, -0.05) is 29.3 Å². The summed E-state index contributed by atoms with van der Waals surface area (Å²) in [7, 11) is 3.41. The summed E-state index contributed by atoms with van der Waals surface area (Å²) >= 11 is 12.0. The summed E-state index contributed by atoms with van der Waals surface area (Å²) in [6.07, 6.45) is 3.76. The van der Waals surface area contributed by atoms with Crippen LogP contribution in [-0.4, -0.2) is 110 Å². The number of hydrogen-bond acceptors (Lipinski definition) is 6. The third-order valence-corrected chi connectivity index (χ3v) is 7.33. The van der Waals surface area contributed by atoms with Gasteiger partial charge in [-0.25, -0.2) is 0 Å². The van der Waals surface area contributed by atoms with Gasteiger partial charge >= 0.3 is 0 Å². The summed E-state index contributed by atoms with van der Waals surface area (Å²) in [6.45, 7) is 4.10. The highest BCUT2D eigenvalue weighted by molar-refractivity contribution is 6.42. The van der Waals surface area contributed by atoms with E-state index in [0.29, 0.717) is 42.8 Å². The zero-order valence-electron chi connectivity index (χ0n) is 20.4. The molecule has 1 aromatic rings. The Morgan fingerprint density at radius 2 is 1.97 bits per heavy atom. The first-order valence-corrected chi connectivity index (χ1v) is 12.7. The molecule has 8 nitrogen and oxygen atoms in total. The van der Waals surface area contributed by atoms with Gasteiger partial charge in [0.25, 0.3) is 0 Å². The van der Waals surface area contributed by atoms with E-state index >= 15 is 0 Å². The van der Waals surface area contributed by atoms with Crippen molar-refractivity contribution in [1.29, 1.82) is 0 Å². The number of hydrogen-bond donors (Lipinski definition) is 1. The molecular weight excluding hydrogens is 493 g/mol. The largest absolute Gasteiger partial charge is 0.390 e. The zero-order chi connectivity index (χ0) is 25.4. The predicted octanol–water partition coefficient (Wildman–Crippen LogP) is 2.41. The van der Waals surface area contributed by atoms with E-state index in [2.05, 4.69) is 4.90 Å². The van der Waals surface area contributed by atoms with Crippen LogP contribution in [0.5, 0.6) is 0 Å². The smallest absolute Gasteiger partial charge is 0.246 e. The molecule has 3 unspecified atom stereocenters. The summed E-state index contributed by atoms with van der Waals surface area (Å²) < 4.78 is 10.9. The minimum absolute atomic E-state index is 0.0526. The third kappa shape index (κ3) is 8.17. The monoisotopic (exact) mass is 527 g/mol. The molecule has 3 rings (SSSR count). The number of ether oxygens (including phenoxy) is 2. The van der Waals surface area contributed by atoms with Crippen molar-refractivity contribution in [2.45, 2.75) is 25.0 Å². The van der Waals surface area contributed by atoms with Crippen LogP contribution in [0.1, 0.15) is 18.4 Å². The van der Waals surface area contributed by atoms with Crippen molar-refractivity contribution in [3.8, 4) is 0 Å². The fourth-order valence-electron chi connectivity index (χ4n) is 4.72. The minimum Gasteiger partial charge on any atom is -0.390 e. The molecule has 194 valence electrons. The number of carbonyl (C=O) groups excluding carboxylic acids is 2. The Bertz CT molecular complexity index is 900. The Balaban J connectivity index is 1.49. The molecule has 2 amide bonds. The normalized spacial score (nSPS) is 23.1. The van der Waals surface area contributed by atoms with E-state index in [4.69, 9.17) is 32.7 Å². The molecule has 2 aliphatic rings. The maximum absolute atomic E-state index is 12.7. The van der Waals surface area contributed by atoms with Gasteiger partial charge in [0.2, 0.25) is 11.8 Å². The molecular formula is C25H35Cl2N3O5. The summed E-state index contributed by atoms with van der Waals surface area (Å²) in [4.78, 5) is 30.9. The topological polar surface area (TPSA) is 82.6 Å². The maximum Gasteiger partial charge on any atom is 0.246 e. The van der Waals surface area contributed by atoms with Crippen LogP contribution in [0.4, 0.5) is 0 Å². The van der Waals surface area contributed by atoms with Crippen molar-refractivity contribution in [3.05, 3.63) is 39.9 Å². The molecule has 0 aromatic heterocycles. The molecule has 0 aliphatic carbocycles. The molecule has 10 heteroatoms. The lowest BCUT2D eigenvalue weighted by molar-refractivity contribution is -0.132. The second-order valence-corrected chi connectivity index (χ2v) is 9.93. The van der Waals surface area contributed by atoms with E-state index in [1.165, 1.54) is 6.08 Å². The van der Waals surface area contributed by atoms with Crippen molar-refractivity contribution in [2.24, 2.45) is 5.92 Å². The van der Waals surface area contributed by atoms with Crippen LogP contribution in [0.3, 0.4) is 0 Å². The number of amides is 2. The number of aliphatic hydroxyl groups is 1. The number of benzene rings is 1. The molecule has 2 saturated heterocycles. The van der Waals surface area contributed by atoms with Gasteiger partial charge in [-0.15, -0.1) is 0 Å². The third-order valence-electron chi connectivity index (χ3n) is 6.59. The second-order valence-electron chi connectivity index (χ2n) is 9.11. The molecule has 0 spiro atoms. The van der Waals surface area contributed by atoms with Crippen molar-refractivity contribution >= 4 is 41.1 Å². The fourth-order valence-corrected chi connectivity index (χ4v) is 5.02. The van der Waals surface area contributed by atoms with Gasteiger partial charge in [-0.05, 0) is 30.2 Å². The highest BCUT2D eigenvalue weighted by Gasteiger charge is 2.31. The number of β-amino-alcohol motifs (C(OH)–C–C–N with tert-alkyl or cyclic N) is 1. The quantitative estimate of drug-likeness (QED) is 0.496. The average molecular weight is 528 g/mol. The molecule has 1 N–H and O–H groups in total. The summed E-state index contributed by atoms with van der Waals surface area (Å²) in [6, 6.07) is 5.15. The van der Waals surface area contributed by atoms with Crippen LogP contribution in [0.25, 0.3) is 6.08 Å². The van der Waals surface area contributed by atoms with E-state index in [1.54, 1.807) is 48.3 Å². The number of likely N-dealkylation sites (tertiary alicyclic amines) is 1. The highest BCUT2D eigenvalue weighted by atomic mass is 35.5.